The van der Waals surface area contributed by atoms with Crippen LogP contribution < -0.4 is 4.90 Å². The van der Waals surface area contributed by atoms with E-state index >= 15 is 0 Å². The van der Waals surface area contributed by atoms with Gasteiger partial charge in [0.05, 0.1) is 6.54 Å². The largest absolute Gasteiger partial charge is 0.339 e. The number of fused-ring (bicyclic) bond motifs is 1. The number of benzene rings is 1. The van der Waals surface area contributed by atoms with E-state index in [0.717, 1.165) is 18.0 Å². The Morgan fingerprint density at radius 1 is 1.39 bits per heavy atom. The van der Waals surface area contributed by atoms with Crippen molar-refractivity contribution < 1.29 is 0 Å². The zero-order chi connectivity index (χ0) is 13.5. The molecule has 1 aliphatic rings. The van der Waals surface area contributed by atoms with Crippen LogP contribution in [0.4, 0.5) is 5.69 Å². The van der Waals surface area contributed by atoms with Gasteiger partial charge in [-0.3, -0.25) is 4.99 Å². The van der Waals surface area contributed by atoms with Gasteiger partial charge in [-0.15, -0.1) is 0 Å². The molecule has 1 aliphatic heterocycles. The molecular weight excluding hydrogens is 220 g/mol. The molecule has 2 heteroatoms. The third-order valence-corrected chi connectivity index (χ3v) is 3.93. The fourth-order valence-electron chi connectivity index (χ4n) is 2.51. The third-order valence-electron chi connectivity index (χ3n) is 3.93. The maximum atomic E-state index is 4.29. The number of aliphatic imine (C=N–C) groups is 1. The lowest BCUT2D eigenvalue weighted by Crippen LogP contribution is -2.29. The van der Waals surface area contributed by atoms with Gasteiger partial charge in [-0.1, -0.05) is 32.6 Å². The second-order valence-electron chi connectivity index (χ2n) is 5.64. The zero-order valence-electron chi connectivity index (χ0n) is 12.0. The molecular formula is C16H22N2. The molecule has 0 N–H and O–H groups in total. The van der Waals surface area contributed by atoms with Gasteiger partial charge in [0.2, 0.25) is 0 Å². The van der Waals surface area contributed by atoms with E-state index in [1.54, 1.807) is 0 Å². The molecule has 0 unspecified atom stereocenters. The first-order chi connectivity index (χ1) is 8.37. The molecule has 0 aromatic heterocycles. The van der Waals surface area contributed by atoms with Gasteiger partial charge in [0.15, 0.2) is 0 Å². The van der Waals surface area contributed by atoms with Gasteiger partial charge in [0.25, 0.3) is 0 Å². The second kappa shape index (κ2) is 4.27. The molecule has 1 aromatic carbocycles. The summed E-state index contributed by atoms with van der Waals surface area (Å²) in [6.07, 6.45) is 0. The van der Waals surface area contributed by atoms with E-state index in [-0.39, 0.29) is 5.41 Å². The average molecular weight is 242 g/mol. The summed E-state index contributed by atoms with van der Waals surface area (Å²) < 4.78 is 0. The number of allylic oxidation sites excluding steroid dienone is 1. The van der Waals surface area contributed by atoms with Crippen molar-refractivity contribution in [2.24, 2.45) is 4.99 Å². The van der Waals surface area contributed by atoms with Crippen LogP contribution in [0.3, 0.4) is 0 Å². The summed E-state index contributed by atoms with van der Waals surface area (Å²) >= 11 is 0. The Balaban J connectivity index is 2.51. The molecule has 1 aromatic rings. The molecule has 0 saturated carbocycles. The predicted octanol–water partition coefficient (Wildman–Crippen LogP) is 3.70. The number of anilines is 1. The summed E-state index contributed by atoms with van der Waals surface area (Å²) in [5.41, 5.74) is 6.23. The van der Waals surface area contributed by atoms with Crippen LogP contribution in [0, 0.1) is 6.92 Å². The van der Waals surface area contributed by atoms with Crippen molar-refractivity contribution in [2.75, 3.05) is 18.5 Å². The van der Waals surface area contributed by atoms with Crippen LogP contribution in [-0.2, 0) is 5.41 Å². The monoisotopic (exact) mass is 242 g/mol. The van der Waals surface area contributed by atoms with E-state index in [2.05, 4.69) is 62.4 Å². The van der Waals surface area contributed by atoms with Crippen molar-refractivity contribution in [3.63, 3.8) is 0 Å². The Morgan fingerprint density at radius 2 is 2.06 bits per heavy atom. The van der Waals surface area contributed by atoms with Gasteiger partial charge >= 0.3 is 0 Å². The van der Waals surface area contributed by atoms with E-state index in [1.165, 1.54) is 16.8 Å². The van der Waals surface area contributed by atoms with Crippen LogP contribution >= 0.6 is 0 Å². The normalized spacial score (nSPS) is 18.2. The first-order valence-electron chi connectivity index (χ1n) is 6.38. The van der Waals surface area contributed by atoms with Crippen molar-refractivity contribution >= 4 is 11.4 Å². The number of hydrogen-bond donors (Lipinski definition) is 0. The Bertz CT molecular complexity index is 524. The first-order valence-corrected chi connectivity index (χ1v) is 6.38. The van der Waals surface area contributed by atoms with Gasteiger partial charge in [0.1, 0.15) is 0 Å². The predicted molar refractivity (Wildman–Crippen MR) is 79.7 cm³/mol. The molecule has 96 valence electrons. The SMILES string of the molecule is C=C1N(CC(C)=NC)c2cc(C)ccc2C1(C)C. The zero-order valence-corrected chi connectivity index (χ0v) is 12.0. The van der Waals surface area contributed by atoms with Crippen LogP contribution in [0.2, 0.25) is 0 Å². The Hall–Kier alpha value is -1.57. The first kappa shape index (κ1) is 12.9. The summed E-state index contributed by atoms with van der Waals surface area (Å²) in [7, 11) is 1.84. The summed E-state index contributed by atoms with van der Waals surface area (Å²) in [5, 5.41) is 0. The molecule has 0 aliphatic carbocycles. The summed E-state index contributed by atoms with van der Waals surface area (Å²) in [6.45, 7) is 13.8. The van der Waals surface area contributed by atoms with Crippen molar-refractivity contribution in [1.29, 1.82) is 0 Å². The highest BCUT2D eigenvalue weighted by atomic mass is 15.2. The summed E-state index contributed by atoms with van der Waals surface area (Å²) in [4.78, 5) is 6.56. The quantitative estimate of drug-likeness (QED) is 0.722. The fourth-order valence-corrected chi connectivity index (χ4v) is 2.51. The lowest BCUT2D eigenvalue weighted by molar-refractivity contribution is 0.640. The Kier molecular flexibility index (Phi) is 3.05. The van der Waals surface area contributed by atoms with Crippen molar-refractivity contribution in [2.45, 2.75) is 33.1 Å². The topological polar surface area (TPSA) is 15.6 Å². The molecule has 0 spiro atoms. The van der Waals surface area contributed by atoms with E-state index < -0.39 is 0 Å². The minimum atomic E-state index is 0.0110. The van der Waals surface area contributed by atoms with Crippen LogP contribution in [0.25, 0.3) is 0 Å². The Morgan fingerprint density at radius 3 is 2.67 bits per heavy atom. The molecule has 0 atom stereocenters. The number of rotatable bonds is 2. The molecule has 0 fully saturated rings. The van der Waals surface area contributed by atoms with Crippen LogP contribution in [-0.4, -0.2) is 19.3 Å². The highest BCUT2D eigenvalue weighted by Crippen LogP contribution is 2.46. The smallest absolute Gasteiger partial charge is 0.0604 e. The highest BCUT2D eigenvalue weighted by molar-refractivity contribution is 5.89. The lowest BCUT2D eigenvalue weighted by atomic mass is 9.84. The standard InChI is InChI=1S/C16H22N2/c1-11-7-8-14-15(9-11)18(10-12(2)17-6)13(3)16(14,4)5/h7-9H,3,10H2,1-2,4-6H3. The average Bonchev–Trinajstić information content (AvgIpc) is 2.50. The summed E-state index contributed by atoms with van der Waals surface area (Å²) in [5.74, 6) is 0. The van der Waals surface area contributed by atoms with Gasteiger partial charge < -0.3 is 4.90 Å². The maximum absolute atomic E-state index is 4.29. The second-order valence-corrected chi connectivity index (χ2v) is 5.64. The summed E-state index contributed by atoms with van der Waals surface area (Å²) in [6, 6.07) is 6.66. The fraction of sp³-hybridized carbons (Fsp3) is 0.438. The van der Waals surface area contributed by atoms with E-state index in [1.807, 2.05) is 7.05 Å². The molecule has 1 heterocycles. The number of nitrogens with zero attached hydrogens (tertiary/aromatic N) is 2. The van der Waals surface area contributed by atoms with Gasteiger partial charge in [0, 0.05) is 29.6 Å². The maximum Gasteiger partial charge on any atom is 0.0604 e. The molecule has 0 saturated heterocycles. The molecule has 0 bridgehead atoms. The molecule has 2 nitrogen and oxygen atoms in total. The van der Waals surface area contributed by atoms with Crippen LogP contribution in [0.1, 0.15) is 31.9 Å². The van der Waals surface area contributed by atoms with Crippen molar-refractivity contribution in [1.82, 2.24) is 0 Å². The van der Waals surface area contributed by atoms with Gasteiger partial charge in [-0.05, 0) is 31.0 Å². The van der Waals surface area contributed by atoms with Crippen molar-refractivity contribution in [3.8, 4) is 0 Å². The number of aryl methyl sites for hydroxylation is 1. The molecule has 0 radical (unpaired) electrons. The highest BCUT2D eigenvalue weighted by Gasteiger charge is 2.38. The van der Waals surface area contributed by atoms with Crippen LogP contribution in [0.5, 0.6) is 0 Å². The van der Waals surface area contributed by atoms with Gasteiger partial charge in [-0.2, -0.15) is 0 Å². The molecule has 18 heavy (non-hydrogen) atoms. The van der Waals surface area contributed by atoms with E-state index in [9.17, 15) is 0 Å². The van der Waals surface area contributed by atoms with E-state index in [4.69, 9.17) is 0 Å². The Labute approximate surface area is 110 Å². The molecule has 0 amide bonds. The molecule has 2 rings (SSSR count). The van der Waals surface area contributed by atoms with Crippen molar-refractivity contribution in [3.05, 3.63) is 41.6 Å². The minimum Gasteiger partial charge on any atom is -0.339 e. The third kappa shape index (κ3) is 1.86. The lowest BCUT2D eigenvalue weighted by Gasteiger charge is -2.25. The van der Waals surface area contributed by atoms with Gasteiger partial charge in [-0.25, -0.2) is 0 Å². The van der Waals surface area contributed by atoms with E-state index in [0.29, 0.717) is 0 Å². The minimum absolute atomic E-state index is 0.0110. The number of hydrogen-bond acceptors (Lipinski definition) is 2. The van der Waals surface area contributed by atoms with Crippen LogP contribution in [0.15, 0.2) is 35.5 Å².